The lowest BCUT2D eigenvalue weighted by Gasteiger charge is -2.36. The Balaban J connectivity index is 1.57. The summed E-state index contributed by atoms with van der Waals surface area (Å²) in [5.74, 6) is -1.30. The summed E-state index contributed by atoms with van der Waals surface area (Å²) in [4.78, 5) is 53.5. The van der Waals surface area contributed by atoms with E-state index in [1.807, 2.05) is 30.3 Å². The van der Waals surface area contributed by atoms with Crippen LogP contribution >= 0.6 is 0 Å². The summed E-state index contributed by atoms with van der Waals surface area (Å²) < 4.78 is 13.2. The van der Waals surface area contributed by atoms with E-state index < -0.39 is 11.9 Å². The van der Waals surface area contributed by atoms with Gasteiger partial charge in [-0.15, -0.1) is 0 Å². The van der Waals surface area contributed by atoms with Crippen molar-refractivity contribution in [1.29, 1.82) is 0 Å². The number of unbranched alkanes of at least 4 members (excludes halogenated alkanes) is 1. The maximum Gasteiger partial charge on any atom is 0.253 e. The van der Waals surface area contributed by atoms with E-state index in [9.17, 15) is 23.6 Å². The van der Waals surface area contributed by atoms with Gasteiger partial charge in [-0.3, -0.25) is 19.2 Å². The number of nitrogens with zero attached hydrogens (tertiary/aromatic N) is 2. The zero-order valence-corrected chi connectivity index (χ0v) is 20.8. The smallest absolute Gasteiger partial charge is 0.253 e. The molecule has 0 saturated carbocycles. The van der Waals surface area contributed by atoms with Crippen LogP contribution in [0.4, 0.5) is 4.39 Å². The standard InChI is InChI=1S/C28H33FN4O4/c1-2-25(34)30-15-7-6-10-24(31-26(35)20-21-8-4-3-5-9-21)28(37)33-18-16-32(17-19-33)27(36)22-11-13-23(29)14-12-22/h2-5,8-9,11-14,24H,1,6-7,10,15-20H2,(H,30,34)(H,31,35). The Bertz CT molecular complexity index is 1080. The Hall–Kier alpha value is -4.01. The number of carbonyl (C=O) groups excluding carboxylic acids is 4. The molecule has 0 aromatic heterocycles. The minimum Gasteiger partial charge on any atom is -0.353 e. The molecule has 0 aliphatic carbocycles. The molecule has 9 heteroatoms. The van der Waals surface area contributed by atoms with Crippen molar-refractivity contribution < 1.29 is 23.6 Å². The van der Waals surface area contributed by atoms with Crippen molar-refractivity contribution in [3.05, 3.63) is 84.2 Å². The molecule has 2 aromatic rings. The predicted molar refractivity (Wildman–Crippen MR) is 138 cm³/mol. The van der Waals surface area contributed by atoms with Crippen LogP contribution in [-0.2, 0) is 20.8 Å². The number of benzene rings is 2. The maximum absolute atomic E-state index is 13.4. The summed E-state index contributed by atoms with van der Waals surface area (Å²) in [6.45, 7) is 5.24. The van der Waals surface area contributed by atoms with E-state index in [0.29, 0.717) is 57.5 Å². The van der Waals surface area contributed by atoms with Crippen molar-refractivity contribution in [3.63, 3.8) is 0 Å². The zero-order chi connectivity index (χ0) is 26.6. The summed E-state index contributed by atoms with van der Waals surface area (Å²) in [6.07, 6.45) is 3.08. The lowest BCUT2D eigenvalue weighted by Crippen LogP contribution is -2.56. The van der Waals surface area contributed by atoms with Crippen molar-refractivity contribution in [2.24, 2.45) is 0 Å². The molecule has 1 fully saturated rings. The average Bonchev–Trinajstić information content (AvgIpc) is 2.92. The van der Waals surface area contributed by atoms with E-state index in [1.54, 1.807) is 9.80 Å². The van der Waals surface area contributed by atoms with Gasteiger partial charge in [0.15, 0.2) is 0 Å². The molecule has 4 amide bonds. The summed E-state index contributed by atoms with van der Waals surface area (Å²) >= 11 is 0. The molecule has 8 nitrogen and oxygen atoms in total. The highest BCUT2D eigenvalue weighted by Gasteiger charge is 2.30. The molecule has 0 radical (unpaired) electrons. The normalized spacial score (nSPS) is 14.0. The van der Waals surface area contributed by atoms with Crippen LogP contribution in [0.3, 0.4) is 0 Å². The van der Waals surface area contributed by atoms with Gasteiger partial charge in [-0.05, 0) is 55.2 Å². The number of amides is 4. The summed E-state index contributed by atoms with van der Waals surface area (Å²) in [5, 5.41) is 5.59. The van der Waals surface area contributed by atoms with Gasteiger partial charge in [0.25, 0.3) is 5.91 Å². The van der Waals surface area contributed by atoms with Gasteiger partial charge >= 0.3 is 0 Å². The molecule has 3 rings (SSSR count). The van der Waals surface area contributed by atoms with E-state index in [-0.39, 0.29) is 30.0 Å². The van der Waals surface area contributed by atoms with E-state index in [1.165, 1.54) is 30.3 Å². The molecule has 0 spiro atoms. The van der Waals surface area contributed by atoms with E-state index in [2.05, 4.69) is 17.2 Å². The Morgan fingerprint density at radius 3 is 2.22 bits per heavy atom. The minimum absolute atomic E-state index is 0.167. The molecule has 0 bridgehead atoms. The fourth-order valence-electron chi connectivity index (χ4n) is 4.17. The molecular formula is C28H33FN4O4. The molecular weight excluding hydrogens is 475 g/mol. The third kappa shape index (κ3) is 8.56. The second-order valence-electron chi connectivity index (χ2n) is 8.90. The number of hydrogen-bond donors (Lipinski definition) is 2. The van der Waals surface area contributed by atoms with Crippen LogP contribution in [-0.4, -0.2) is 72.2 Å². The van der Waals surface area contributed by atoms with Crippen molar-refractivity contribution in [3.8, 4) is 0 Å². The second-order valence-corrected chi connectivity index (χ2v) is 8.90. The first kappa shape index (κ1) is 27.6. The molecule has 1 aliphatic rings. The monoisotopic (exact) mass is 508 g/mol. The Morgan fingerprint density at radius 1 is 0.919 bits per heavy atom. The highest BCUT2D eigenvalue weighted by atomic mass is 19.1. The van der Waals surface area contributed by atoms with Crippen LogP contribution in [0.15, 0.2) is 67.3 Å². The maximum atomic E-state index is 13.4. The minimum atomic E-state index is -0.703. The summed E-state index contributed by atoms with van der Waals surface area (Å²) in [5.41, 5.74) is 1.25. The largest absolute Gasteiger partial charge is 0.353 e. The molecule has 1 heterocycles. The van der Waals surface area contributed by atoms with Crippen LogP contribution < -0.4 is 10.6 Å². The highest BCUT2D eigenvalue weighted by Crippen LogP contribution is 2.13. The zero-order valence-electron chi connectivity index (χ0n) is 20.8. The molecule has 196 valence electrons. The molecule has 1 saturated heterocycles. The van der Waals surface area contributed by atoms with E-state index >= 15 is 0 Å². The fourth-order valence-corrected chi connectivity index (χ4v) is 4.17. The first-order chi connectivity index (χ1) is 17.9. The van der Waals surface area contributed by atoms with Gasteiger partial charge in [0, 0.05) is 38.3 Å². The molecule has 37 heavy (non-hydrogen) atoms. The number of piperazine rings is 1. The topological polar surface area (TPSA) is 98.8 Å². The molecule has 1 aliphatic heterocycles. The molecule has 1 atom stereocenters. The number of rotatable bonds is 11. The van der Waals surface area contributed by atoms with E-state index in [4.69, 9.17) is 0 Å². The number of hydrogen-bond acceptors (Lipinski definition) is 4. The lowest BCUT2D eigenvalue weighted by atomic mass is 10.1. The second kappa shape index (κ2) is 13.9. The Kier molecular flexibility index (Phi) is 10.4. The van der Waals surface area contributed by atoms with Gasteiger partial charge < -0.3 is 20.4 Å². The lowest BCUT2D eigenvalue weighted by molar-refractivity contribution is -0.137. The summed E-state index contributed by atoms with van der Waals surface area (Å²) in [7, 11) is 0. The fraction of sp³-hybridized carbons (Fsp3) is 0.357. The van der Waals surface area contributed by atoms with Crippen LogP contribution in [0.5, 0.6) is 0 Å². The van der Waals surface area contributed by atoms with Crippen molar-refractivity contribution in [1.82, 2.24) is 20.4 Å². The van der Waals surface area contributed by atoms with Gasteiger partial charge in [0.1, 0.15) is 11.9 Å². The average molecular weight is 509 g/mol. The Labute approximate surface area is 216 Å². The number of halogens is 1. The van der Waals surface area contributed by atoms with Gasteiger partial charge in [-0.25, -0.2) is 4.39 Å². The van der Waals surface area contributed by atoms with Crippen LogP contribution in [0.25, 0.3) is 0 Å². The summed E-state index contributed by atoms with van der Waals surface area (Å²) in [6, 6.07) is 14.0. The SMILES string of the molecule is C=CC(=O)NCCCCC(NC(=O)Cc1ccccc1)C(=O)N1CCN(C(=O)c2ccc(F)cc2)CC1. The highest BCUT2D eigenvalue weighted by molar-refractivity contribution is 5.94. The number of nitrogens with one attached hydrogen (secondary N) is 2. The number of carbonyl (C=O) groups is 4. The van der Waals surface area contributed by atoms with Crippen molar-refractivity contribution >= 4 is 23.6 Å². The first-order valence-electron chi connectivity index (χ1n) is 12.4. The van der Waals surface area contributed by atoms with Crippen LogP contribution in [0.1, 0.15) is 35.2 Å². The first-order valence-corrected chi connectivity index (χ1v) is 12.4. The van der Waals surface area contributed by atoms with E-state index in [0.717, 1.165) is 5.56 Å². The molecule has 2 N–H and O–H groups in total. The van der Waals surface area contributed by atoms with Crippen molar-refractivity contribution in [2.75, 3.05) is 32.7 Å². The van der Waals surface area contributed by atoms with Gasteiger partial charge in [0.05, 0.1) is 6.42 Å². The third-order valence-electron chi connectivity index (χ3n) is 6.21. The quantitative estimate of drug-likeness (QED) is 0.360. The van der Waals surface area contributed by atoms with Gasteiger partial charge in [-0.2, -0.15) is 0 Å². The van der Waals surface area contributed by atoms with Crippen LogP contribution in [0.2, 0.25) is 0 Å². The van der Waals surface area contributed by atoms with Gasteiger partial charge in [-0.1, -0.05) is 36.9 Å². The molecule has 2 aromatic carbocycles. The van der Waals surface area contributed by atoms with Gasteiger partial charge in [0.2, 0.25) is 17.7 Å². The Morgan fingerprint density at radius 2 is 1.57 bits per heavy atom. The predicted octanol–water partition coefficient (Wildman–Crippen LogP) is 2.31. The van der Waals surface area contributed by atoms with Crippen molar-refractivity contribution in [2.45, 2.75) is 31.7 Å². The molecule has 1 unspecified atom stereocenters. The van der Waals surface area contributed by atoms with Crippen LogP contribution in [0, 0.1) is 5.82 Å². The third-order valence-corrected chi connectivity index (χ3v) is 6.21.